The normalized spacial score (nSPS) is 27.2. The molecule has 2 atom stereocenters. The fourth-order valence-corrected chi connectivity index (χ4v) is 5.36. The SMILES string of the molecule is COc1ccccc1-c1ccc2c(c1)C(NC(=O)O[C@@H]1CN3CCC1CC3)CCC2. The third-order valence-corrected chi connectivity index (χ3v) is 7.02. The van der Waals surface area contributed by atoms with E-state index < -0.39 is 0 Å². The van der Waals surface area contributed by atoms with Crippen LogP contribution in [0.5, 0.6) is 5.75 Å². The number of fused-ring (bicyclic) bond motifs is 4. The maximum atomic E-state index is 12.7. The molecule has 1 unspecified atom stereocenters. The molecule has 158 valence electrons. The highest BCUT2D eigenvalue weighted by atomic mass is 16.6. The van der Waals surface area contributed by atoms with Gasteiger partial charge in [-0.05, 0) is 79.9 Å². The van der Waals surface area contributed by atoms with Gasteiger partial charge in [0.1, 0.15) is 11.9 Å². The van der Waals surface area contributed by atoms with E-state index in [1.165, 1.54) is 11.1 Å². The number of methoxy groups -OCH3 is 1. The molecule has 30 heavy (non-hydrogen) atoms. The molecule has 3 saturated heterocycles. The molecule has 1 aliphatic carbocycles. The number of hydrogen-bond acceptors (Lipinski definition) is 4. The lowest BCUT2D eigenvalue weighted by Gasteiger charge is -2.44. The summed E-state index contributed by atoms with van der Waals surface area (Å²) in [4.78, 5) is 15.2. The van der Waals surface area contributed by atoms with E-state index in [4.69, 9.17) is 9.47 Å². The lowest BCUT2D eigenvalue weighted by atomic mass is 9.85. The molecule has 2 bridgehead atoms. The first-order valence-electron chi connectivity index (χ1n) is 11.2. The van der Waals surface area contributed by atoms with Gasteiger partial charge in [-0.25, -0.2) is 4.79 Å². The van der Waals surface area contributed by atoms with Crippen LogP contribution in [0.2, 0.25) is 0 Å². The smallest absolute Gasteiger partial charge is 0.407 e. The second-order valence-corrected chi connectivity index (χ2v) is 8.78. The van der Waals surface area contributed by atoms with E-state index in [0.29, 0.717) is 5.92 Å². The Morgan fingerprint density at radius 2 is 1.93 bits per heavy atom. The lowest BCUT2D eigenvalue weighted by Crippen LogP contribution is -2.52. The van der Waals surface area contributed by atoms with Crippen LogP contribution in [-0.2, 0) is 11.2 Å². The highest BCUT2D eigenvalue weighted by molar-refractivity contribution is 5.72. The summed E-state index contributed by atoms with van der Waals surface area (Å²) < 4.78 is 11.4. The van der Waals surface area contributed by atoms with Crippen molar-refractivity contribution in [2.75, 3.05) is 26.7 Å². The molecule has 1 amide bonds. The van der Waals surface area contributed by atoms with Crippen molar-refractivity contribution in [3.05, 3.63) is 53.6 Å². The Labute approximate surface area is 178 Å². The maximum Gasteiger partial charge on any atom is 0.407 e. The summed E-state index contributed by atoms with van der Waals surface area (Å²) in [5.41, 5.74) is 4.70. The number of ether oxygens (including phenoxy) is 2. The van der Waals surface area contributed by atoms with Crippen molar-refractivity contribution in [2.45, 2.75) is 44.2 Å². The number of carbonyl (C=O) groups excluding carboxylic acids is 1. The van der Waals surface area contributed by atoms with Crippen molar-refractivity contribution in [3.8, 4) is 16.9 Å². The van der Waals surface area contributed by atoms with Gasteiger partial charge in [-0.2, -0.15) is 0 Å². The quantitative estimate of drug-likeness (QED) is 0.809. The van der Waals surface area contributed by atoms with Crippen molar-refractivity contribution >= 4 is 6.09 Å². The Morgan fingerprint density at radius 3 is 2.70 bits per heavy atom. The molecule has 5 nitrogen and oxygen atoms in total. The number of piperidine rings is 3. The first kappa shape index (κ1) is 19.4. The number of rotatable bonds is 4. The molecule has 3 aliphatic heterocycles. The van der Waals surface area contributed by atoms with Crippen LogP contribution in [0.25, 0.3) is 11.1 Å². The van der Waals surface area contributed by atoms with Gasteiger partial charge >= 0.3 is 6.09 Å². The number of nitrogens with one attached hydrogen (secondary N) is 1. The van der Waals surface area contributed by atoms with E-state index in [-0.39, 0.29) is 18.2 Å². The number of amides is 1. The zero-order chi connectivity index (χ0) is 20.5. The summed E-state index contributed by atoms with van der Waals surface area (Å²) in [6, 6.07) is 14.6. The van der Waals surface area contributed by atoms with Gasteiger partial charge in [0.2, 0.25) is 0 Å². The average Bonchev–Trinajstić information content (AvgIpc) is 2.80. The summed E-state index contributed by atoms with van der Waals surface area (Å²) in [5, 5.41) is 3.18. The molecule has 3 fully saturated rings. The summed E-state index contributed by atoms with van der Waals surface area (Å²) in [6.07, 6.45) is 5.13. The number of alkyl carbamates (subject to hydrolysis) is 1. The van der Waals surface area contributed by atoms with Gasteiger partial charge in [-0.3, -0.25) is 4.90 Å². The van der Waals surface area contributed by atoms with E-state index in [2.05, 4.69) is 34.5 Å². The minimum atomic E-state index is -0.269. The third kappa shape index (κ3) is 3.79. The third-order valence-electron chi connectivity index (χ3n) is 7.02. The summed E-state index contributed by atoms with van der Waals surface area (Å²) in [7, 11) is 1.70. The summed E-state index contributed by atoms with van der Waals surface area (Å²) in [6.45, 7) is 3.18. The molecule has 0 saturated carbocycles. The molecule has 4 aliphatic rings. The second kappa shape index (κ2) is 8.31. The molecule has 0 aromatic heterocycles. The topological polar surface area (TPSA) is 50.8 Å². The van der Waals surface area contributed by atoms with Crippen LogP contribution >= 0.6 is 0 Å². The molecule has 1 N–H and O–H groups in total. The van der Waals surface area contributed by atoms with Gasteiger partial charge < -0.3 is 14.8 Å². The molecule has 2 aromatic carbocycles. The number of benzene rings is 2. The van der Waals surface area contributed by atoms with E-state index in [0.717, 1.165) is 68.6 Å². The minimum absolute atomic E-state index is 0.00279. The molecule has 0 spiro atoms. The predicted octanol–water partition coefficient (Wildman–Crippen LogP) is 4.56. The van der Waals surface area contributed by atoms with Crippen molar-refractivity contribution in [1.82, 2.24) is 10.2 Å². The highest BCUT2D eigenvalue weighted by Crippen LogP contribution is 2.36. The summed E-state index contributed by atoms with van der Waals surface area (Å²) >= 11 is 0. The Kier molecular flexibility index (Phi) is 5.38. The number of hydrogen-bond donors (Lipinski definition) is 1. The summed E-state index contributed by atoms with van der Waals surface area (Å²) in [5.74, 6) is 1.39. The zero-order valence-electron chi connectivity index (χ0n) is 17.6. The van der Waals surface area contributed by atoms with Gasteiger partial charge in [-0.15, -0.1) is 0 Å². The van der Waals surface area contributed by atoms with Crippen molar-refractivity contribution in [3.63, 3.8) is 0 Å². The fourth-order valence-electron chi connectivity index (χ4n) is 5.36. The maximum absolute atomic E-state index is 12.7. The van der Waals surface area contributed by atoms with Crippen LogP contribution in [-0.4, -0.2) is 43.8 Å². The average molecular weight is 407 g/mol. The van der Waals surface area contributed by atoms with Crippen LogP contribution in [0.15, 0.2) is 42.5 Å². The van der Waals surface area contributed by atoms with Crippen LogP contribution in [0.1, 0.15) is 42.9 Å². The fraction of sp³-hybridized carbons (Fsp3) is 0.480. The Morgan fingerprint density at radius 1 is 1.10 bits per heavy atom. The predicted molar refractivity (Wildman–Crippen MR) is 117 cm³/mol. The second-order valence-electron chi connectivity index (χ2n) is 8.78. The Balaban J connectivity index is 1.33. The Hall–Kier alpha value is -2.53. The number of aryl methyl sites for hydroxylation is 1. The van der Waals surface area contributed by atoms with E-state index in [1.54, 1.807) is 7.11 Å². The van der Waals surface area contributed by atoms with Crippen molar-refractivity contribution < 1.29 is 14.3 Å². The van der Waals surface area contributed by atoms with E-state index in [9.17, 15) is 4.79 Å². The molecule has 5 heteroatoms. The largest absolute Gasteiger partial charge is 0.496 e. The van der Waals surface area contributed by atoms with Crippen molar-refractivity contribution in [1.29, 1.82) is 0 Å². The zero-order valence-corrected chi connectivity index (χ0v) is 17.6. The van der Waals surface area contributed by atoms with Gasteiger partial charge in [-0.1, -0.05) is 30.3 Å². The van der Waals surface area contributed by atoms with Gasteiger partial charge in [0.25, 0.3) is 0 Å². The van der Waals surface area contributed by atoms with Gasteiger partial charge in [0.15, 0.2) is 0 Å². The number of para-hydroxylation sites is 1. The van der Waals surface area contributed by atoms with Crippen LogP contribution in [0, 0.1) is 5.92 Å². The molecule has 0 radical (unpaired) electrons. The minimum Gasteiger partial charge on any atom is -0.496 e. The standard InChI is InChI=1S/C25H30N2O3/c1-29-23-8-3-2-6-20(23)19-10-9-17-5-4-7-22(21(17)15-19)26-25(28)30-24-16-27-13-11-18(24)12-14-27/h2-3,6,8-10,15,18,22,24H,4-5,7,11-14,16H2,1H3,(H,26,28)/t22?,24-/m1/s1. The molecular weight excluding hydrogens is 376 g/mol. The van der Waals surface area contributed by atoms with E-state index >= 15 is 0 Å². The van der Waals surface area contributed by atoms with Crippen LogP contribution < -0.4 is 10.1 Å². The van der Waals surface area contributed by atoms with Crippen molar-refractivity contribution in [2.24, 2.45) is 5.92 Å². The highest BCUT2D eigenvalue weighted by Gasteiger charge is 2.37. The molecule has 6 rings (SSSR count). The van der Waals surface area contributed by atoms with Gasteiger partial charge in [0, 0.05) is 12.1 Å². The first-order valence-corrected chi connectivity index (χ1v) is 11.2. The monoisotopic (exact) mass is 406 g/mol. The number of nitrogens with zero attached hydrogens (tertiary/aromatic N) is 1. The van der Waals surface area contributed by atoms with Crippen LogP contribution in [0.3, 0.4) is 0 Å². The first-order chi connectivity index (χ1) is 14.7. The molecule has 3 heterocycles. The lowest BCUT2D eigenvalue weighted by molar-refractivity contribution is -0.0340. The van der Waals surface area contributed by atoms with Gasteiger partial charge in [0.05, 0.1) is 13.2 Å². The number of carbonyl (C=O) groups is 1. The van der Waals surface area contributed by atoms with Crippen LogP contribution in [0.4, 0.5) is 4.79 Å². The molecule has 2 aromatic rings. The molecular formula is C25H30N2O3. The Bertz CT molecular complexity index is 920. The van der Waals surface area contributed by atoms with E-state index in [1.807, 2.05) is 18.2 Å².